The van der Waals surface area contributed by atoms with Gasteiger partial charge in [-0.3, -0.25) is 4.79 Å². The van der Waals surface area contributed by atoms with Crippen LogP contribution in [0.5, 0.6) is 5.75 Å². The summed E-state index contributed by atoms with van der Waals surface area (Å²) in [4.78, 5) is 14.5. The fourth-order valence-electron chi connectivity index (χ4n) is 2.76. The predicted octanol–water partition coefficient (Wildman–Crippen LogP) is 4.35. The summed E-state index contributed by atoms with van der Waals surface area (Å²) in [6.45, 7) is 3.05. The van der Waals surface area contributed by atoms with Gasteiger partial charge in [0.15, 0.2) is 6.10 Å². The molecule has 1 amide bonds. The van der Waals surface area contributed by atoms with Crippen molar-refractivity contribution in [3.8, 4) is 5.75 Å². The maximum atomic E-state index is 12.6. The monoisotopic (exact) mass is 349 g/mol. The Morgan fingerprint density at radius 1 is 1.13 bits per heavy atom. The molecule has 5 heteroatoms. The lowest BCUT2D eigenvalue weighted by molar-refractivity contribution is -0.138. The number of carbonyl (C=O) groups excluding carboxylic acids is 1. The number of halogens is 2. The Balaban J connectivity index is 1.70. The number of benzene rings is 2. The van der Waals surface area contributed by atoms with Crippen LogP contribution in [-0.4, -0.2) is 23.5 Å². The van der Waals surface area contributed by atoms with E-state index in [9.17, 15) is 4.79 Å². The summed E-state index contributed by atoms with van der Waals surface area (Å²) >= 11 is 12.1. The van der Waals surface area contributed by atoms with E-state index in [4.69, 9.17) is 27.9 Å². The average molecular weight is 350 g/mol. The lowest BCUT2D eigenvalue weighted by Crippen LogP contribution is -2.43. The molecule has 0 bridgehead atoms. The van der Waals surface area contributed by atoms with Crippen LogP contribution in [0.3, 0.4) is 0 Å². The van der Waals surface area contributed by atoms with Crippen molar-refractivity contribution in [3.63, 3.8) is 0 Å². The minimum Gasteiger partial charge on any atom is -0.479 e. The maximum absolute atomic E-state index is 12.6. The molecular weight excluding hydrogens is 333 g/mol. The maximum Gasteiger partial charge on any atom is 0.263 e. The number of rotatable bonds is 3. The van der Waals surface area contributed by atoms with E-state index in [0.717, 1.165) is 6.42 Å². The van der Waals surface area contributed by atoms with E-state index in [1.807, 2.05) is 17.0 Å². The normalized spacial score (nSPS) is 15.0. The van der Waals surface area contributed by atoms with E-state index in [0.29, 0.717) is 28.9 Å². The smallest absolute Gasteiger partial charge is 0.263 e. The summed E-state index contributed by atoms with van der Waals surface area (Å²) in [7, 11) is 0. The van der Waals surface area contributed by atoms with E-state index < -0.39 is 6.10 Å². The molecule has 0 saturated heterocycles. The van der Waals surface area contributed by atoms with Crippen LogP contribution >= 0.6 is 23.2 Å². The molecule has 2 aromatic carbocycles. The van der Waals surface area contributed by atoms with Gasteiger partial charge >= 0.3 is 0 Å². The van der Waals surface area contributed by atoms with Gasteiger partial charge in [-0.15, -0.1) is 0 Å². The quantitative estimate of drug-likeness (QED) is 0.824. The molecule has 1 atom stereocenters. The van der Waals surface area contributed by atoms with Crippen molar-refractivity contribution in [3.05, 3.63) is 63.6 Å². The number of hydrogen-bond acceptors (Lipinski definition) is 2. The second-order valence-corrected chi connectivity index (χ2v) is 6.38. The largest absolute Gasteiger partial charge is 0.479 e. The summed E-state index contributed by atoms with van der Waals surface area (Å²) in [5.41, 5.74) is 2.50. The zero-order chi connectivity index (χ0) is 16.4. The second kappa shape index (κ2) is 6.81. The van der Waals surface area contributed by atoms with Crippen molar-refractivity contribution in [1.82, 2.24) is 4.90 Å². The molecular formula is C18H17Cl2NO2. The van der Waals surface area contributed by atoms with Crippen molar-refractivity contribution in [2.45, 2.75) is 26.0 Å². The zero-order valence-corrected chi connectivity index (χ0v) is 14.3. The Bertz CT molecular complexity index is 733. The SMILES string of the molecule is C[C@H](Oc1cccc(Cl)c1Cl)C(=O)N1CCc2ccccc2C1. The first kappa shape index (κ1) is 16.2. The third-order valence-electron chi connectivity index (χ3n) is 4.01. The third-order valence-corrected chi connectivity index (χ3v) is 4.81. The highest BCUT2D eigenvalue weighted by atomic mass is 35.5. The summed E-state index contributed by atoms with van der Waals surface area (Å²) in [6.07, 6.45) is 0.253. The van der Waals surface area contributed by atoms with Gasteiger partial charge in [-0.1, -0.05) is 53.5 Å². The van der Waals surface area contributed by atoms with Crippen molar-refractivity contribution in [1.29, 1.82) is 0 Å². The van der Waals surface area contributed by atoms with Gasteiger partial charge < -0.3 is 9.64 Å². The molecule has 0 N–H and O–H groups in total. The Kier molecular flexibility index (Phi) is 4.79. The summed E-state index contributed by atoms with van der Waals surface area (Å²) < 4.78 is 5.72. The van der Waals surface area contributed by atoms with Gasteiger partial charge in [-0.2, -0.15) is 0 Å². The number of amides is 1. The Labute approximate surface area is 145 Å². The molecule has 0 aliphatic carbocycles. The molecule has 2 aromatic rings. The van der Waals surface area contributed by atoms with E-state index >= 15 is 0 Å². The standard InChI is InChI=1S/C18H17Cl2NO2/c1-12(23-16-8-4-7-15(19)17(16)20)18(22)21-10-9-13-5-2-3-6-14(13)11-21/h2-8,12H,9-11H2,1H3/t12-/m0/s1. The number of carbonyl (C=O) groups is 1. The molecule has 3 nitrogen and oxygen atoms in total. The van der Waals surface area contributed by atoms with Gasteiger partial charge in [-0.05, 0) is 36.6 Å². The van der Waals surface area contributed by atoms with Crippen molar-refractivity contribution < 1.29 is 9.53 Å². The van der Waals surface area contributed by atoms with Gasteiger partial charge in [-0.25, -0.2) is 0 Å². The predicted molar refractivity (Wildman–Crippen MR) is 92.1 cm³/mol. The molecule has 1 aliphatic heterocycles. The molecule has 0 saturated carbocycles. The highest BCUT2D eigenvalue weighted by molar-refractivity contribution is 6.42. The van der Waals surface area contributed by atoms with Gasteiger partial charge in [0, 0.05) is 13.1 Å². The molecule has 0 radical (unpaired) electrons. The van der Waals surface area contributed by atoms with Gasteiger partial charge in [0.1, 0.15) is 10.8 Å². The van der Waals surface area contributed by atoms with Crippen LogP contribution in [0, 0.1) is 0 Å². The number of nitrogens with zero attached hydrogens (tertiary/aromatic N) is 1. The highest BCUT2D eigenvalue weighted by Gasteiger charge is 2.26. The Morgan fingerprint density at radius 2 is 1.87 bits per heavy atom. The molecule has 0 aromatic heterocycles. The van der Waals surface area contributed by atoms with Gasteiger partial charge in [0.2, 0.25) is 0 Å². The first-order valence-corrected chi connectivity index (χ1v) is 8.28. The third kappa shape index (κ3) is 3.46. The van der Waals surface area contributed by atoms with Crippen LogP contribution in [0.4, 0.5) is 0 Å². The fourth-order valence-corrected chi connectivity index (χ4v) is 3.09. The zero-order valence-electron chi connectivity index (χ0n) is 12.8. The molecule has 0 spiro atoms. The van der Waals surface area contributed by atoms with Gasteiger partial charge in [0.25, 0.3) is 5.91 Å². The van der Waals surface area contributed by atoms with Crippen molar-refractivity contribution in [2.24, 2.45) is 0 Å². The lowest BCUT2D eigenvalue weighted by Gasteiger charge is -2.31. The molecule has 1 heterocycles. The molecule has 1 aliphatic rings. The van der Waals surface area contributed by atoms with Crippen LogP contribution in [0.2, 0.25) is 10.0 Å². The molecule has 23 heavy (non-hydrogen) atoms. The average Bonchev–Trinajstić information content (AvgIpc) is 2.57. The van der Waals surface area contributed by atoms with Gasteiger partial charge in [0.05, 0.1) is 5.02 Å². The highest BCUT2D eigenvalue weighted by Crippen LogP contribution is 2.32. The lowest BCUT2D eigenvalue weighted by atomic mass is 9.99. The van der Waals surface area contributed by atoms with Crippen LogP contribution in [0.25, 0.3) is 0 Å². The van der Waals surface area contributed by atoms with Crippen molar-refractivity contribution >= 4 is 29.1 Å². The first-order chi connectivity index (χ1) is 11.1. The number of fused-ring (bicyclic) bond motifs is 1. The Morgan fingerprint density at radius 3 is 2.65 bits per heavy atom. The van der Waals surface area contributed by atoms with Crippen LogP contribution in [0.1, 0.15) is 18.1 Å². The topological polar surface area (TPSA) is 29.5 Å². The number of hydrogen-bond donors (Lipinski definition) is 0. The Hall–Kier alpha value is -1.71. The van der Waals surface area contributed by atoms with E-state index in [-0.39, 0.29) is 5.91 Å². The minimum absolute atomic E-state index is 0.0458. The minimum atomic E-state index is -0.615. The van der Waals surface area contributed by atoms with Crippen LogP contribution in [0.15, 0.2) is 42.5 Å². The van der Waals surface area contributed by atoms with E-state index in [2.05, 4.69) is 12.1 Å². The molecule has 0 unspecified atom stereocenters. The van der Waals surface area contributed by atoms with E-state index in [1.54, 1.807) is 25.1 Å². The summed E-state index contributed by atoms with van der Waals surface area (Å²) in [6, 6.07) is 13.4. The van der Waals surface area contributed by atoms with Crippen molar-refractivity contribution in [2.75, 3.05) is 6.54 Å². The molecule has 0 fully saturated rings. The number of ether oxygens (including phenoxy) is 1. The van der Waals surface area contributed by atoms with Crippen LogP contribution < -0.4 is 4.74 Å². The summed E-state index contributed by atoms with van der Waals surface area (Å²) in [5, 5.41) is 0.744. The van der Waals surface area contributed by atoms with Crippen LogP contribution in [-0.2, 0) is 17.8 Å². The first-order valence-electron chi connectivity index (χ1n) is 7.52. The second-order valence-electron chi connectivity index (χ2n) is 5.59. The van der Waals surface area contributed by atoms with E-state index in [1.165, 1.54) is 11.1 Å². The summed E-state index contributed by atoms with van der Waals surface area (Å²) in [5.74, 6) is 0.382. The molecule has 120 valence electrons. The fraction of sp³-hybridized carbons (Fsp3) is 0.278. The molecule has 3 rings (SSSR count).